The second-order valence-electron chi connectivity index (χ2n) is 9.15. The summed E-state index contributed by atoms with van der Waals surface area (Å²) in [5.74, 6) is 0.908. The Hall–Kier alpha value is -4.99. The number of para-hydroxylation sites is 1. The van der Waals surface area contributed by atoms with Crippen LogP contribution in [0, 0.1) is 5.82 Å². The Bertz CT molecular complexity index is 1610. The van der Waals surface area contributed by atoms with Gasteiger partial charge in [-0.2, -0.15) is 5.10 Å². The number of ether oxygens (including phenoxy) is 1. The highest BCUT2D eigenvalue weighted by molar-refractivity contribution is 6.05. The van der Waals surface area contributed by atoms with Crippen molar-refractivity contribution in [3.63, 3.8) is 0 Å². The maximum absolute atomic E-state index is 13.2. The molecule has 1 aliphatic rings. The van der Waals surface area contributed by atoms with Crippen LogP contribution in [0.5, 0.6) is 5.75 Å². The number of carbonyl (C=O) groups excluding carboxylic acids is 1. The molecule has 5 aromatic rings. The zero-order valence-electron chi connectivity index (χ0n) is 21.3. The van der Waals surface area contributed by atoms with Crippen LogP contribution in [0.25, 0.3) is 16.7 Å². The second-order valence-corrected chi connectivity index (χ2v) is 9.15. The van der Waals surface area contributed by atoms with Gasteiger partial charge in [-0.25, -0.2) is 19.0 Å². The molecule has 39 heavy (non-hydrogen) atoms. The first-order valence-corrected chi connectivity index (χ1v) is 12.6. The van der Waals surface area contributed by atoms with Gasteiger partial charge in [0.2, 0.25) is 0 Å². The van der Waals surface area contributed by atoms with Crippen molar-refractivity contribution in [1.29, 1.82) is 0 Å². The van der Waals surface area contributed by atoms with Crippen LogP contribution in [-0.2, 0) is 0 Å². The molecule has 2 aromatic heterocycles. The molecule has 0 atom stereocenters. The summed E-state index contributed by atoms with van der Waals surface area (Å²) in [6, 6.07) is 20.9. The van der Waals surface area contributed by atoms with E-state index >= 15 is 0 Å². The highest BCUT2D eigenvalue weighted by Crippen LogP contribution is 2.32. The monoisotopic (exact) mass is 523 g/mol. The van der Waals surface area contributed by atoms with Crippen molar-refractivity contribution < 1.29 is 13.9 Å². The van der Waals surface area contributed by atoms with Gasteiger partial charge in [0.1, 0.15) is 23.7 Å². The Kier molecular flexibility index (Phi) is 6.50. The largest absolute Gasteiger partial charge is 0.495 e. The number of methoxy groups -OCH3 is 1. The minimum Gasteiger partial charge on any atom is -0.495 e. The molecule has 0 saturated carbocycles. The molecule has 10 heteroatoms. The van der Waals surface area contributed by atoms with E-state index < -0.39 is 0 Å². The van der Waals surface area contributed by atoms with Gasteiger partial charge in [0.25, 0.3) is 5.91 Å². The Labute approximate surface area is 224 Å². The SMILES string of the molecule is COc1ccc(C(=O)Nc2ccc(F)cc2)cc1N1CCN(c2ncnc3c2cnn3-c2ccccc2)CC1. The maximum atomic E-state index is 13.2. The van der Waals surface area contributed by atoms with E-state index in [-0.39, 0.29) is 11.7 Å². The first-order chi connectivity index (χ1) is 19.1. The van der Waals surface area contributed by atoms with Crippen molar-refractivity contribution in [3.05, 3.63) is 96.7 Å². The van der Waals surface area contributed by atoms with E-state index in [4.69, 9.17) is 4.74 Å². The van der Waals surface area contributed by atoms with Crippen LogP contribution in [0.2, 0.25) is 0 Å². The van der Waals surface area contributed by atoms with Gasteiger partial charge in [-0.3, -0.25) is 4.79 Å². The summed E-state index contributed by atoms with van der Waals surface area (Å²) in [6.07, 6.45) is 3.40. The third-order valence-electron chi connectivity index (χ3n) is 6.81. The van der Waals surface area contributed by atoms with E-state index in [1.54, 1.807) is 25.6 Å². The van der Waals surface area contributed by atoms with Crippen LogP contribution in [-0.4, -0.2) is 58.9 Å². The molecule has 0 bridgehead atoms. The van der Waals surface area contributed by atoms with Crippen LogP contribution in [0.3, 0.4) is 0 Å². The molecule has 3 heterocycles. The van der Waals surface area contributed by atoms with Crippen molar-refractivity contribution in [2.75, 3.05) is 48.4 Å². The number of hydrogen-bond acceptors (Lipinski definition) is 7. The maximum Gasteiger partial charge on any atom is 0.255 e. The molecule has 3 aromatic carbocycles. The lowest BCUT2D eigenvalue weighted by atomic mass is 10.1. The standard InChI is InChI=1S/C29H26FN7O2/c1-39-26-12-7-20(29(38)34-22-10-8-21(30)9-11-22)17-25(26)35-13-15-36(16-14-35)27-24-18-33-37(28(24)32-19-31-27)23-5-3-2-4-6-23/h2-12,17-19H,13-16H2,1H3,(H,34,38). The molecule has 1 aliphatic heterocycles. The molecule has 1 N–H and O–H groups in total. The minimum atomic E-state index is -0.355. The molecule has 9 nitrogen and oxygen atoms in total. The van der Waals surface area contributed by atoms with Gasteiger partial charge < -0.3 is 19.9 Å². The minimum absolute atomic E-state index is 0.275. The molecular weight excluding hydrogens is 497 g/mol. The molecule has 1 saturated heterocycles. The normalized spacial score (nSPS) is 13.5. The molecule has 0 unspecified atom stereocenters. The van der Waals surface area contributed by atoms with Crippen LogP contribution >= 0.6 is 0 Å². The molecule has 196 valence electrons. The predicted octanol–water partition coefficient (Wildman–Crippen LogP) is 4.54. The molecule has 0 aliphatic carbocycles. The second kappa shape index (κ2) is 10.4. The van der Waals surface area contributed by atoms with Gasteiger partial charge in [-0.15, -0.1) is 0 Å². The van der Waals surface area contributed by atoms with Gasteiger partial charge in [0.15, 0.2) is 5.65 Å². The van der Waals surface area contributed by atoms with Crippen LogP contribution in [0.4, 0.5) is 21.6 Å². The van der Waals surface area contributed by atoms with E-state index in [1.165, 1.54) is 24.3 Å². The zero-order chi connectivity index (χ0) is 26.8. The summed E-state index contributed by atoms with van der Waals surface area (Å²) in [6.45, 7) is 2.85. The first kappa shape index (κ1) is 24.4. The van der Waals surface area contributed by atoms with Crippen LogP contribution < -0.4 is 19.9 Å². The Morgan fingerprint density at radius 3 is 2.41 bits per heavy atom. The van der Waals surface area contributed by atoms with E-state index in [0.29, 0.717) is 30.1 Å². The molecule has 1 fully saturated rings. The average Bonchev–Trinajstić information content (AvgIpc) is 3.43. The Balaban J connectivity index is 1.20. The van der Waals surface area contributed by atoms with E-state index in [1.807, 2.05) is 47.3 Å². The quantitative estimate of drug-likeness (QED) is 0.350. The van der Waals surface area contributed by atoms with Crippen molar-refractivity contribution in [2.45, 2.75) is 0 Å². The van der Waals surface area contributed by atoms with Crippen LogP contribution in [0.1, 0.15) is 10.4 Å². The predicted molar refractivity (Wildman–Crippen MR) is 148 cm³/mol. The number of piperazine rings is 1. The number of aromatic nitrogens is 4. The molecule has 1 amide bonds. The number of hydrogen-bond donors (Lipinski definition) is 1. The first-order valence-electron chi connectivity index (χ1n) is 12.6. The van der Waals surface area contributed by atoms with Gasteiger partial charge in [0, 0.05) is 37.4 Å². The number of carbonyl (C=O) groups is 1. The van der Waals surface area contributed by atoms with Crippen LogP contribution in [0.15, 0.2) is 85.3 Å². The molecular formula is C29H26FN7O2. The highest BCUT2D eigenvalue weighted by Gasteiger charge is 2.24. The number of anilines is 3. The topological polar surface area (TPSA) is 88.4 Å². The fourth-order valence-electron chi connectivity index (χ4n) is 4.82. The van der Waals surface area contributed by atoms with E-state index in [9.17, 15) is 9.18 Å². The number of fused-ring (bicyclic) bond motifs is 1. The highest BCUT2D eigenvalue weighted by atomic mass is 19.1. The third-order valence-corrected chi connectivity index (χ3v) is 6.81. The van der Waals surface area contributed by atoms with Gasteiger partial charge in [-0.1, -0.05) is 18.2 Å². The lowest BCUT2D eigenvalue weighted by Crippen LogP contribution is -2.47. The van der Waals surface area contributed by atoms with Gasteiger partial charge in [0.05, 0.1) is 30.1 Å². The third kappa shape index (κ3) is 4.84. The fraction of sp³-hybridized carbons (Fsp3) is 0.172. The number of halogens is 1. The van der Waals surface area contributed by atoms with Gasteiger partial charge >= 0.3 is 0 Å². The summed E-state index contributed by atoms with van der Waals surface area (Å²) in [5, 5.41) is 8.28. The van der Waals surface area contributed by atoms with Crippen molar-refractivity contribution in [3.8, 4) is 11.4 Å². The van der Waals surface area contributed by atoms with Gasteiger partial charge in [-0.05, 0) is 54.6 Å². The summed E-state index contributed by atoms with van der Waals surface area (Å²) in [4.78, 5) is 26.4. The van der Waals surface area contributed by atoms with Crippen molar-refractivity contribution >= 4 is 34.1 Å². The van der Waals surface area contributed by atoms with Crippen molar-refractivity contribution in [2.24, 2.45) is 0 Å². The number of rotatable bonds is 6. The molecule has 0 spiro atoms. The van der Waals surface area contributed by atoms with Crippen molar-refractivity contribution in [1.82, 2.24) is 19.7 Å². The Morgan fingerprint density at radius 2 is 1.67 bits per heavy atom. The smallest absolute Gasteiger partial charge is 0.255 e. The Morgan fingerprint density at radius 1 is 0.923 bits per heavy atom. The summed E-state index contributed by atoms with van der Waals surface area (Å²) >= 11 is 0. The number of nitrogens with zero attached hydrogens (tertiary/aromatic N) is 6. The lowest BCUT2D eigenvalue weighted by molar-refractivity contribution is 0.102. The van der Waals surface area contributed by atoms with E-state index in [0.717, 1.165) is 41.3 Å². The summed E-state index contributed by atoms with van der Waals surface area (Å²) in [7, 11) is 1.62. The number of amides is 1. The summed E-state index contributed by atoms with van der Waals surface area (Å²) in [5.41, 5.74) is 3.56. The van der Waals surface area contributed by atoms with E-state index in [2.05, 4.69) is 30.2 Å². The molecule has 0 radical (unpaired) electrons. The zero-order valence-corrected chi connectivity index (χ0v) is 21.3. The summed E-state index contributed by atoms with van der Waals surface area (Å²) < 4.78 is 20.7. The average molecular weight is 524 g/mol. The lowest BCUT2D eigenvalue weighted by Gasteiger charge is -2.37. The fourth-order valence-corrected chi connectivity index (χ4v) is 4.82. The molecule has 6 rings (SSSR count). The number of nitrogens with one attached hydrogen (secondary N) is 1. The number of benzene rings is 3.